The maximum absolute atomic E-state index is 12.7. The molecule has 144 valence electrons. The summed E-state index contributed by atoms with van der Waals surface area (Å²) in [5.41, 5.74) is -1.44. The summed E-state index contributed by atoms with van der Waals surface area (Å²) in [6.07, 6.45) is 0.266. The van der Waals surface area contributed by atoms with Crippen molar-refractivity contribution in [3.05, 3.63) is 29.8 Å². The molecular weight excluding hydrogens is 356 g/mol. The van der Waals surface area contributed by atoms with E-state index in [0.29, 0.717) is 18.4 Å². The molecule has 26 heavy (non-hydrogen) atoms. The van der Waals surface area contributed by atoms with Gasteiger partial charge in [-0.15, -0.1) is 0 Å². The van der Waals surface area contributed by atoms with Crippen LogP contribution in [-0.4, -0.2) is 31.6 Å². The van der Waals surface area contributed by atoms with E-state index in [1.165, 1.54) is 6.07 Å². The van der Waals surface area contributed by atoms with Crippen LogP contribution in [0.4, 0.5) is 4.79 Å². The van der Waals surface area contributed by atoms with Crippen LogP contribution in [0.3, 0.4) is 0 Å². The molecule has 0 saturated heterocycles. The highest BCUT2D eigenvalue weighted by Crippen LogP contribution is 2.46. The Bertz CT molecular complexity index is 813. The molecule has 0 radical (unpaired) electrons. The average molecular weight is 382 g/mol. The van der Waals surface area contributed by atoms with Crippen LogP contribution in [0.2, 0.25) is 0 Å². The first-order valence-electron chi connectivity index (χ1n) is 8.55. The molecule has 1 saturated carbocycles. The molecule has 2 atom stereocenters. The second kappa shape index (κ2) is 6.90. The molecule has 2 rings (SSSR count). The molecular formula is C18H26N2O5S. The fourth-order valence-electron chi connectivity index (χ4n) is 2.92. The Morgan fingerprint density at radius 2 is 1.88 bits per heavy atom. The van der Waals surface area contributed by atoms with E-state index in [0.717, 1.165) is 0 Å². The van der Waals surface area contributed by atoms with Gasteiger partial charge < -0.3 is 10.1 Å². The van der Waals surface area contributed by atoms with E-state index < -0.39 is 33.2 Å². The third-order valence-electron chi connectivity index (χ3n) is 4.34. The molecule has 0 aromatic heterocycles. The summed E-state index contributed by atoms with van der Waals surface area (Å²) in [6, 6.07) is 6.39. The summed E-state index contributed by atoms with van der Waals surface area (Å²) < 4.78 is 32.5. The predicted molar refractivity (Wildman–Crippen MR) is 97.0 cm³/mol. The van der Waals surface area contributed by atoms with Gasteiger partial charge in [-0.3, -0.25) is 4.79 Å². The topological polar surface area (TPSA) is 102 Å². The number of sulfonamides is 1. The molecule has 0 aliphatic heterocycles. The largest absolute Gasteiger partial charge is 0.444 e. The molecule has 2 amide bonds. The first-order valence-corrected chi connectivity index (χ1v) is 10.0. The van der Waals surface area contributed by atoms with Crippen LogP contribution in [-0.2, 0) is 19.6 Å². The normalized spacial score (nSPS) is 22.4. The maximum atomic E-state index is 12.7. The van der Waals surface area contributed by atoms with Gasteiger partial charge in [0, 0.05) is 0 Å². The lowest BCUT2D eigenvalue weighted by Gasteiger charge is -2.24. The van der Waals surface area contributed by atoms with Crippen molar-refractivity contribution in [3.63, 3.8) is 0 Å². The number of carbonyl (C=O) groups is 2. The Kier molecular flexibility index (Phi) is 5.37. The van der Waals surface area contributed by atoms with Crippen LogP contribution in [0, 0.1) is 12.8 Å². The lowest BCUT2D eigenvalue weighted by Crippen LogP contribution is -2.52. The number of aryl methyl sites for hydroxylation is 1. The van der Waals surface area contributed by atoms with Crippen LogP contribution in [0.1, 0.15) is 46.1 Å². The van der Waals surface area contributed by atoms with Crippen molar-refractivity contribution in [2.45, 2.75) is 63.5 Å². The highest BCUT2D eigenvalue weighted by Gasteiger charge is 2.61. The number of ether oxygens (including phenoxy) is 1. The third-order valence-corrected chi connectivity index (χ3v) is 5.83. The van der Waals surface area contributed by atoms with Gasteiger partial charge in [-0.05, 0) is 51.7 Å². The molecule has 1 aliphatic rings. The Labute approximate surface area is 154 Å². The Hall–Kier alpha value is -2.09. The summed E-state index contributed by atoms with van der Waals surface area (Å²) in [7, 11) is -4.03. The van der Waals surface area contributed by atoms with Crippen LogP contribution >= 0.6 is 0 Å². The standard InChI is InChI=1S/C18H26N2O5S/c1-6-13-11-18(13,19-16(22)25-17(3,4)5)15(21)20-26(23,24)14-10-8-7-9-12(14)2/h7-10,13H,6,11H2,1-5H3,(H,19,22)(H,20,21)/t13-,18-/m1/s1. The van der Waals surface area contributed by atoms with Crippen molar-refractivity contribution < 1.29 is 22.7 Å². The van der Waals surface area contributed by atoms with Gasteiger partial charge in [-0.2, -0.15) is 0 Å². The minimum atomic E-state index is -4.03. The minimum absolute atomic E-state index is 0.0365. The fraction of sp³-hybridized carbons (Fsp3) is 0.556. The van der Waals surface area contributed by atoms with E-state index in [1.54, 1.807) is 45.9 Å². The number of carbonyl (C=O) groups excluding carboxylic acids is 2. The summed E-state index contributed by atoms with van der Waals surface area (Å²) in [6.45, 7) is 8.68. The predicted octanol–water partition coefficient (Wildman–Crippen LogP) is 2.49. The molecule has 2 N–H and O–H groups in total. The van der Waals surface area contributed by atoms with Crippen molar-refractivity contribution in [1.29, 1.82) is 0 Å². The molecule has 1 aromatic rings. The van der Waals surface area contributed by atoms with Crippen LogP contribution in [0.5, 0.6) is 0 Å². The maximum Gasteiger partial charge on any atom is 0.408 e. The first kappa shape index (κ1) is 20.2. The van der Waals surface area contributed by atoms with Gasteiger partial charge in [-0.25, -0.2) is 17.9 Å². The van der Waals surface area contributed by atoms with Gasteiger partial charge in [-0.1, -0.05) is 31.5 Å². The second-order valence-corrected chi connectivity index (χ2v) is 9.26. The molecule has 0 heterocycles. The van der Waals surface area contributed by atoms with Crippen molar-refractivity contribution in [3.8, 4) is 0 Å². The molecule has 1 fully saturated rings. The van der Waals surface area contributed by atoms with Crippen molar-refractivity contribution in [2.24, 2.45) is 5.92 Å². The number of amides is 2. The van der Waals surface area contributed by atoms with Crippen LogP contribution in [0.15, 0.2) is 29.2 Å². The third kappa shape index (κ3) is 4.35. The molecule has 0 unspecified atom stereocenters. The number of rotatable bonds is 5. The smallest absolute Gasteiger partial charge is 0.408 e. The molecule has 0 spiro atoms. The van der Waals surface area contributed by atoms with Gasteiger partial charge in [0.05, 0.1) is 4.90 Å². The Morgan fingerprint density at radius 3 is 2.38 bits per heavy atom. The molecule has 1 aromatic carbocycles. The Balaban J connectivity index is 2.19. The molecule has 1 aliphatic carbocycles. The van der Waals surface area contributed by atoms with E-state index in [9.17, 15) is 18.0 Å². The highest BCUT2D eigenvalue weighted by molar-refractivity contribution is 7.90. The van der Waals surface area contributed by atoms with Gasteiger partial charge in [0.1, 0.15) is 11.1 Å². The zero-order valence-electron chi connectivity index (χ0n) is 15.8. The summed E-state index contributed by atoms with van der Waals surface area (Å²) in [4.78, 5) is 24.9. The van der Waals surface area contributed by atoms with E-state index in [1.807, 2.05) is 6.92 Å². The SMILES string of the molecule is CC[C@@H]1C[C@]1(NC(=O)OC(C)(C)C)C(=O)NS(=O)(=O)c1ccccc1C. The number of hydrogen-bond donors (Lipinski definition) is 2. The quantitative estimate of drug-likeness (QED) is 0.815. The summed E-state index contributed by atoms with van der Waals surface area (Å²) >= 11 is 0. The molecule has 0 bridgehead atoms. The Morgan fingerprint density at radius 1 is 1.27 bits per heavy atom. The van der Waals surface area contributed by atoms with E-state index in [4.69, 9.17) is 4.74 Å². The van der Waals surface area contributed by atoms with Gasteiger partial charge in [0.15, 0.2) is 0 Å². The first-order chi connectivity index (χ1) is 11.9. The highest BCUT2D eigenvalue weighted by atomic mass is 32.2. The summed E-state index contributed by atoms with van der Waals surface area (Å²) in [5, 5.41) is 2.58. The van der Waals surface area contributed by atoms with Crippen molar-refractivity contribution in [1.82, 2.24) is 10.0 Å². The molecule has 8 heteroatoms. The van der Waals surface area contributed by atoms with Gasteiger partial charge >= 0.3 is 6.09 Å². The van der Waals surface area contributed by atoms with Gasteiger partial charge in [0.25, 0.3) is 15.9 Å². The van der Waals surface area contributed by atoms with Crippen LogP contribution < -0.4 is 10.0 Å². The molecule has 7 nitrogen and oxygen atoms in total. The van der Waals surface area contributed by atoms with E-state index >= 15 is 0 Å². The number of nitrogens with one attached hydrogen (secondary N) is 2. The lowest BCUT2D eigenvalue weighted by atomic mass is 10.1. The second-order valence-electron chi connectivity index (χ2n) is 7.61. The lowest BCUT2D eigenvalue weighted by molar-refractivity contribution is -0.122. The fourth-order valence-corrected chi connectivity index (χ4v) is 4.21. The average Bonchev–Trinajstić information content (AvgIpc) is 3.19. The van der Waals surface area contributed by atoms with Crippen molar-refractivity contribution in [2.75, 3.05) is 0 Å². The number of hydrogen-bond acceptors (Lipinski definition) is 5. The zero-order chi connectivity index (χ0) is 19.8. The van der Waals surface area contributed by atoms with Crippen molar-refractivity contribution >= 4 is 22.0 Å². The minimum Gasteiger partial charge on any atom is -0.444 e. The zero-order valence-corrected chi connectivity index (χ0v) is 16.6. The number of alkyl carbamates (subject to hydrolysis) is 1. The van der Waals surface area contributed by atoms with Crippen LogP contribution in [0.25, 0.3) is 0 Å². The van der Waals surface area contributed by atoms with Gasteiger partial charge in [0.2, 0.25) is 0 Å². The number of benzene rings is 1. The summed E-state index contributed by atoms with van der Waals surface area (Å²) in [5.74, 6) is -0.874. The monoisotopic (exact) mass is 382 g/mol. The van der Waals surface area contributed by atoms with E-state index in [-0.39, 0.29) is 10.8 Å². The van der Waals surface area contributed by atoms with E-state index in [2.05, 4.69) is 10.0 Å².